The number of anilines is 2. The van der Waals surface area contributed by atoms with Gasteiger partial charge in [-0.05, 0) is 25.0 Å². The molecular weight excluding hydrogens is 257 g/mol. The van der Waals surface area contributed by atoms with Crippen molar-refractivity contribution in [1.29, 1.82) is 0 Å². The van der Waals surface area contributed by atoms with Gasteiger partial charge in [-0.3, -0.25) is 0 Å². The van der Waals surface area contributed by atoms with Crippen LogP contribution in [0.25, 0.3) is 0 Å². The first kappa shape index (κ1) is 14.4. The molecule has 1 aromatic heterocycles. The minimum absolute atomic E-state index is 0.331. The van der Waals surface area contributed by atoms with Gasteiger partial charge in [-0.2, -0.15) is 0 Å². The van der Waals surface area contributed by atoms with E-state index in [4.69, 9.17) is 4.74 Å². The summed E-state index contributed by atoms with van der Waals surface area (Å²) in [5, 5.41) is 3.04. The Labute approximate surface area is 118 Å². The Morgan fingerprint density at radius 1 is 1.40 bits per heavy atom. The molecule has 0 radical (unpaired) electrons. The van der Waals surface area contributed by atoms with Crippen molar-refractivity contribution in [2.24, 2.45) is 5.92 Å². The summed E-state index contributed by atoms with van der Waals surface area (Å²) in [6, 6.07) is 4.59. The van der Waals surface area contributed by atoms with Crippen LogP contribution in [0.5, 0.6) is 5.75 Å². The van der Waals surface area contributed by atoms with Gasteiger partial charge in [-0.25, -0.2) is 9.37 Å². The first-order chi connectivity index (χ1) is 9.49. The minimum atomic E-state index is -0.331. The number of halogens is 1. The SMILES string of the molecule is COc1ccc(F)c(Nc2nc(C)cn2CC(C)C)c1. The zero-order valence-electron chi connectivity index (χ0n) is 12.3. The van der Waals surface area contributed by atoms with Crippen LogP contribution in [-0.2, 0) is 6.54 Å². The maximum atomic E-state index is 13.8. The molecule has 0 aliphatic carbocycles. The van der Waals surface area contributed by atoms with Gasteiger partial charge in [0.25, 0.3) is 0 Å². The van der Waals surface area contributed by atoms with E-state index in [0.29, 0.717) is 23.3 Å². The lowest BCUT2D eigenvalue weighted by molar-refractivity contribution is 0.414. The predicted octanol–water partition coefficient (Wildman–Crippen LogP) is 3.74. The second-order valence-electron chi connectivity index (χ2n) is 5.22. The molecule has 1 aromatic carbocycles. The summed E-state index contributed by atoms with van der Waals surface area (Å²) in [5.74, 6) is 1.40. The number of hydrogen-bond donors (Lipinski definition) is 1. The van der Waals surface area contributed by atoms with Crippen LogP contribution in [0.2, 0.25) is 0 Å². The van der Waals surface area contributed by atoms with Gasteiger partial charge in [-0.15, -0.1) is 0 Å². The van der Waals surface area contributed by atoms with E-state index in [0.717, 1.165) is 12.2 Å². The number of imidazole rings is 1. The van der Waals surface area contributed by atoms with E-state index < -0.39 is 0 Å². The number of rotatable bonds is 5. The van der Waals surface area contributed by atoms with Crippen LogP contribution in [-0.4, -0.2) is 16.7 Å². The van der Waals surface area contributed by atoms with Crippen molar-refractivity contribution in [2.75, 3.05) is 12.4 Å². The second-order valence-corrected chi connectivity index (χ2v) is 5.22. The van der Waals surface area contributed by atoms with Crippen LogP contribution in [0.4, 0.5) is 16.0 Å². The summed E-state index contributed by atoms with van der Waals surface area (Å²) >= 11 is 0. The minimum Gasteiger partial charge on any atom is -0.497 e. The van der Waals surface area contributed by atoms with E-state index in [2.05, 4.69) is 24.1 Å². The Balaban J connectivity index is 2.29. The zero-order valence-corrected chi connectivity index (χ0v) is 12.3. The fraction of sp³-hybridized carbons (Fsp3) is 0.400. The van der Waals surface area contributed by atoms with Crippen molar-refractivity contribution in [3.8, 4) is 5.75 Å². The number of nitrogens with one attached hydrogen (secondary N) is 1. The van der Waals surface area contributed by atoms with Crippen molar-refractivity contribution >= 4 is 11.6 Å². The van der Waals surface area contributed by atoms with Gasteiger partial charge in [0.15, 0.2) is 0 Å². The fourth-order valence-electron chi connectivity index (χ4n) is 2.03. The highest BCUT2D eigenvalue weighted by molar-refractivity contribution is 5.57. The van der Waals surface area contributed by atoms with E-state index >= 15 is 0 Å². The molecule has 0 saturated carbocycles. The molecule has 0 amide bonds. The van der Waals surface area contributed by atoms with Crippen LogP contribution in [0.3, 0.4) is 0 Å². The average Bonchev–Trinajstić information content (AvgIpc) is 2.71. The maximum Gasteiger partial charge on any atom is 0.207 e. The van der Waals surface area contributed by atoms with E-state index in [9.17, 15) is 4.39 Å². The number of aromatic nitrogens is 2. The highest BCUT2D eigenvalue weighted by atomic mass is 19.1. The Hall–Kier alpha value is -2.04. The molecule has 0 unspecified atom stereocenters. The van der Waals surface area contributed by atoms with E-state index in [1.807, 2.05) is 17.7 Å². The van der Waals surface area contributed by atoms with Crippen LogP contribution in [0.15, 0.2) is 24.4 Å². The number of nitrogens with zero attached hydrogens (tertiary/aromatic N) is 2. The van der Waals surface area contributed by atoms with Crippen molar-refractivity contribution < 1.29 is 9.13 Å². The molecule has 5 heteroatoms. The quantitative estimate of drug-likeness (QED) is 0.905. The van der Waals surface area contributed by atoms with E-state index in [1.54, 1.807) is 19.2 Å². The lowest BCUT2D eigenvalue weighted by Crippen LogP contribution is -2.08. The lowest BCUT2D eigenvalue weighted by atomic mass is 10.2. The largest absolute Gasteiger partial charge is 0.497 e. The summed E-state index contributed by atoms with van der Waals surface area (Å²) in [5.41, 5.74) is 1.26. The van der Waals surface area contributed by atoms with Crippen molar-refractivity contribution in [2.45, 2.75) is 27.3 Å². The molecule has 0 atom stereocenters. The first-order valence-corrected chi connectivity index (χ1v) is 6.64. The summed E-state index contributed by atoms with van der Waals surface area (Å²) in [7, 11) is 1.56. The molecular formula is C15H20FN3O. The Kier molecular flexibility index (Phi) is 4.27. The van der Waals surface area contributed by atoms with Crippen LogP contribution in [0, 0.1) is 18.7 Å². The summed E-state index contributed by atoms with van der Waals surface area (Å²) in [6.45, 7) is 7.01. The van der Waals surface area contributed by atoms with Crippen LogP contribution < -0.4 is 10.1 Å². The van der Waals surface area contributed by atoms with Crippen LogP contribution >= 0.6 is 0 Å². The highest BCUT2D eigenvalue weighted by Crippen LogP contribution is 2.24. The molecule has 0 saturated heterocycles. The average molecular weight is 277 g/mol. The van der Waals surface area contributed by atoms with Gasteiger partial charge in [0.1, 0.15) is 11.6 Å². The molecule has 0 aliphatic rings. The van der Waals surface area contributed by atoms with Crippen molar-refractivity contribution in [3.63, 3.8) is 0 Å². The predicted molar refractivity (Wildman–Crippen MR) is 78.0 cm³/mol. The Bertz CT molecular complexity index is 593. The molecule has 20 heavy (non-hydrogen) atoms. The third-order valence-electron chi connectivity index (χ3n) is 2.88. The molecule has 1 N–H and O–H groups in total. The number of hydrogen-bond acceptors (Lipinski definition) is 3. The molecule has 0 fully saturated rings. The van der Waals surface area contributed by atoms with E-state index in [-0.39, 0.29) is 5.82 Å². The molecule has 4 nitrogen and oxygen atoms in total. The molecule has 2 rings (SSSR count). The normalized spacial score (nSPS) is 10.9. The molecule has 0 spiro atoms. The van der Waals surface area contributed by atoms with Crippen molar-refractivity contribution in [1.82, 2.24) is 9.55 Å². The molecule has 0 aliphatic heterocycles. The number of ether oxygens (including phenoxy) is 1. The van der Waals surface area contributed by atoms with Gasteiger partial charge in [0.2, 0.25) is 5.95 Å². The summed E-state index contributed by atoms with van der Waals surface area (Å²) < 4.78 is 21.0. The molecule has 108 valence electrons. The topological polar surface area (TPSA) is 39.1 Å². The maximum absolute atomic E-state index is 13.8. The standard InChI is InChI=1S/C15H20FN3O/c1-10(2)8-19-9-11(3)17-15(19)18-14-7-12(20-4)5-6-13(14)16/h5-7,9-10H,8H2,1-4H3,(H,17,18). The lowest BCUT2D eigenvalue weighted by Gasteiger charge is -2.12. The van der Waals surface area contributed by atoms with Gasteiger partial charge in [0, 0.05) is 18.8 Å². The third-order valence-corrected chi connectivity index (χ3v) is 2.88. The number of aryl methyl sites for hydroxylation is 1. The van der Waals surface area contributed by atoms with Gasteiger partial charge in [0.05, 0.1) is 18.5 Å². The Morgan fingerprint density at radius 3 is 2.80 bits per heavy atom. The number of methoxy groups -OCH3 is 1. The van der Waals surface area contributed by atoms with E-state index in [1.165, 1.54) is 6.07 Å². The second kappa shape index (κ2) is 5.94. The molecule has 0 bridgehead atoms. The number of benzene rings is 1. The Morgan fingerprint density at radius 2 is 2.15 bits per heavy atom. The summed E-state index contributed by atoms with van der Waals surface area (Å²) in [4.78, 5) is 4.40. The monoisotopic (exact) mass is 277 g/mol. The highest BCUT2D eigenvalue weighted by Gasteiger charge is 2.10. The smallest absolute Gasteiger partial charge is 0.207 e. The van der Waals surface area contributed by atoms with Gasteiger partial charge >= 0.3 is 0 Å². The third kappa shape index (κ3) is 3.29. The van der Waals surface area contributed by atoms with Gasteiger partial charge in [-0.1, -0.05) is 13.8 Å². The zero-order chi connectivity index (χ0) is 14.7. The first-order valence-electron chi connectivity index (χ1n) is 6.64. The molecule has 2 aromatic rings. The fourth-order valence-corrected chi connectivity index (χ4v) is 2.03. The summed E-state index contributed by atoms with van der Waals surface area (Å²) in [6.07, 6.45) is 1.96. The van der Waals surface area contributed by atoms with Crippen molar-refractivity contribution in [3.05, 3.63) is 35.9 Å². The van der Waals surface area contributed by atoms with Gasteiger partial charge < -0.3 is 14.6 Å². The molecule has 1 heterocycles. The van der Waals surface area contributed by atoms with Crippen LogP contribution in [0.1, 0.15) is 19.5 Å².